The number of nitrogens with one attached hydrogen (secondary N) is 1. The van der Waals surface area contributed by atoms with Crippen molar-refractivity contribution in [3.8, 4) is 0 Å². The van der Waals surface area contributed by atoms with E-state index in [1.54, 1.807) is 6.07 Å². The highest BCUT2D eigenvalue weighted by atomic mass is 35.5. The summed E-state index contributed by atoms with van der Waals surface area (Å²) < 4.78 is 0. The van der Waals surface area contributed by atoms with Crippen molar-refractivity contribution in [3.05, 3.63) is 11.2 Å². The molecule has 3 rings (SSSR count). The summed E-state index contributed by atoms with van der Waals surface area (Å²) in [6, 6.07) is 2.00. The molecule has 7 nitrogen and oxygen atoms in total. The predicted molar refractivity (Wildman–Crippen MR) is 116 cm³/mol. The average Bonchev–Trinajstić information content (AvgIpc) is 3.50. The molecular weight excluding hydrogens is 410 g/mol. The van der Waals surface area contributed by atoms with Crippen LogP contribution in [0.25, 0.3) is 0 Å². The quantitative estimate of drug-likeness (QED) is 0.400. The van der Waals surface area contributed by atoms with Gasteiger partial charge in [-0.1, -0.05) is 37.2 Å². The number of aromatic nitrogens is 2. The van der Waals surface area contributed by atoms with E-state index in [0.29, 0.717) is 35.9 Å². The normalized spacial score (nSPS) is 20.7. The van der Waals surface area contributed by atoms with Gasteiger partial charge < -0.3 is 15.1 Å². The minimum absolute atomic E-state index is 0.0397. The first kappa shape index (κ1) is 22.2. The van der Waals surface area contributed by atoms with Gasteiger partial charge in [0.05, 0.1) is 5.75 Å². The van der Waals surface area contributed by atoms with E-state index in [2.05, 4.69) is 41.0 Å². The molecular formula is C20H30ClN5O2S. The molecule has 0 radical (unpaired) electrons. The van der Waals surface area contributed by atoms with Gasteiger partial charge in [0.25, 0.3) is 0 Å². The van der Waals surface area contributed by atoms with Crippen molar-refractivity contribution >= 4 is 41.0 Å². The number of nitrogens with zero attached hydrogens (tertiary/aromatic N) is 4. The van der Waals surface area contributed by atoms with E-state index in [4.69, 9.17) is 11.6 Å². The first-order valence-electron chi connectivity index (χ1n) is 10.3. The molecule has 29 heavy (non-hydrogen) atoms. The van der Waals surface area contributed by atoms with Crippen LogP contribution in [0.4, 0.5) is 5.82 Å². The van der Waals surface area contributed by atoms with Crippen LogP contribution in [0, 0.1) is 11.8 Å². The Kier molecular flexibility index (Phi) is 7.27. The Morgan fingerprint density at radius 2 is 2.00 bits per heavy atom. The summed E-state index contributed by atoms with van der Waals surface area (Å²) in [5.41, 5.74) is 0. The van der Waals surface area contributed by atoms with Crippen LogP contribution in [0.3, 0.4) is 0 Å². The predicted octanol–water partition coefficient (Wildman–Crippen LogP) is 2.83. The molecule has 2 atom stereocenters. The van der Waals surface area contributed by atoms with Crippen LogP contribution >= 0.6 is 23.4 Å². The third-order valence-electron chi connectivity index (χ3n) is 5.54. The Labute approximate surface area is 182 Å². The van der Waals surface area contributed by atoms with Gasteiger partial charge in [-0.25, -0.2) is 9.97 Å². The molecule has 0 aromatic carbocycles. The molecule has 9 heteroatoms. The SMILES string of the molecule is CC(C)C(C)NC(=O)CSc1nc(Cl)cc(N2CCN(C(=O)C3CC3)C(C)C2)n1. The second-order valence-corrected chi connectivity index (χ2v) is 9.65. The molecule has 1 saturated carbocycles. The van der Waals surface area contributed by atoms with E-state index >= 15 is 0 Å². The Morgan fingerprint density at radius 1 is 1.28 bits per heavy atom. The zero-order valence-electron chi connectivity index (χ0n) is 17.5. The summed E-state index contributed by atoms with van der Waals surface area (Å²) in [7, 11) is 0. The summed E-state index contributed by atoms with van der Waals surface area (Å²) in [5.74, 6) is 1.86. The Morgan fingerprint density at radius 3 is 2.62 bits per heavy atom. The van der Waals surface area contributed by atoms with Gasteiger partial charge in [-0.3, -0.25) is 9.59 Å². The Hall–Kier alpha value is -1.54. The molecule has 2 aliphatic rings. The lowest BCUT2D eigenvalue weighted by Crippen LogP contribution is -2.54. The van der Waals surface area contributed by atoms with Crippen molar-refractivity contribution in [1.29, 1.82) is 0 Å². The summed E-state index contributed by atoms with van der Waals surface area (Å²) in [4.78, 5) is 37.5. The van der Waals surface area contributed by atoms with Crippen molar-refractivity contribution in [2.45, 2.75) is 57.8 Å². The lowest BCUT2D eigenvalue weighted by atomic mass is 10.1. The number of rotatable bonds is 7. The van der Waals surface area contributed by atoms with Gasteiger partial charge in [-0.05, 0) is 32.6 Å². The summed E-state index contributed by atoms with van der Waals surface area (Å²) >= 11 is 7.50. The third-order valence-corrected chi connectivity index (χ3v) is 6.58. The lowest BCUT2D eigenvalue weighted by molar-refractivity contribution is -0.135. The number of hydrogen-bond acceptors (Lipinski definition) is 6. The van der Waals surface area contributed by atoms with Crippen molar-refractivity contribution < 1.29 is 9.59 Å². The summed E-state index contributed by atoms with van der Waals surface area (Å²) in [6.07, 6.45) is 2.05. The summed E-state index contributed by atoms with van der Waals surface area (Å²) in [5, 5.41) is 3.83. The topological polar surface area (TPSA) is 78.4 Å². The number of carbonyl (C=O) groups is 2. The number of hydrogen-bond donors (Lipinski definition) is 1. The molecule has 1 aliphatic carbocycles. The second kappa shape index (κ2) is 9.51. The largest absolute Gasteiger partial charge is 0.353 e. The summed E-state index contributed by atoms with van der Waals surface area (Å²) in [6.45, 7) is 10.3. The standard InChI is InChI=1S/C20H30ClN5O2S/c1-12(2)14(4)22-18(27)11-29-20-23-16(21)9-17(24-20)25-7-8-26(13(3)10-25)19(28)15-5-6-15/h9,12-15H,5-8,10-11H2,1-4H3,(H,22,27). The first-order valence-corrected chi connectivity index (χ1v) is 11.6. The lowest BCUT2D eigenvalue weighted by Gasteiger charge is -2.40. The fourth-order valence-corrected chi connectivity index (χ4v) is 4.15. The maximum Gasteiger partial charge on any atom is 0.230 e. The highest BCUT2D eigenvalue weighted by molar-refractivity contribution is 7.99. The van der Waals surface area contributed by atoms with E-state index < -0.39 is 0 Å². The van der Waals surface area contributed by atoms with Crippen molar-refractivity contribution in [2.24, 2.45) is 11.8 Å². The van der Waals surface area contributed by atoms with Gasteiger partial charge in [0.1, 0.15) is 11.0 Å². The van der Waals surface area contributed by atoms with Gasteiger partial charge in [0.2, 0.25) is 11.8 Å². The average molecular weight is 440 g/mol. The fourth-order valence-electron chi connectivity index (χ4n) is 3.26. The minimum atomic E-state index is -0.0397. The van der Waals surface area contributed by atoms with E-state index in [-0.39, 0.29) is 35.6 Å². The molecule has 1 aromatic rings. The van der Waals surface area contributed by atoms with Crippen LogP contribution in [0.2, 0.25) is 5.15 Å². The number of carbonyl (C=O) groups excluding carboxylic acids is 2. The van der Waals surface area contributed by atoms with Crippen LogP contribution in [0.5, 0.6) is 0 Å². The maximum absolute atomic E-state index is 12.4. The third kappa shape index (κ3) is 5.98. The van der Waals surface area contributed by atoms with Gasteiger partial charge in [-0.15, -0.1) is 0 Å². The molecule has 0 bridgehead atoms. The molecule has 1 aromatic heterocycles. The molecule has 2 fully saturated rings. The molecule has 0 spiro atoms. The Bertz CT molecular complexity index is 758. The Balaban J connectivity index is 1.59. The molecule has 2 heterocycles. The highest BCUT2D eigenvalue weighted by Gasteiger charge is 2.37. The van der Waals surface area contributed by atoms with E-state index in [1.807, 2.05) is 11.8 Å². The number of thioether (sulfide) groups is 1. The van der Waals surface area contributed by atoms with Gasteiger partial charge in [-0.2, -0.15) is 0 Å². The van der Waals surface area contributed by atoms with Crippen molar-refractivity contribution in [1.82, 2.24) is 20.2 Å². The molecule has 1 saturated heterocycles. The number of halogens is 1. The van der Waals surface area contributed by atoms with Crippen LogP contribution in [-0.4, -0.2) is 64.2 Å². The zero-order chi connectivity index (χ0) is 21.1. The molecule has 2 amide bonds. The van der Waals surface area contributed by atoms with Gasteiger partial charge in [0.15, 0.2) is 5.16 Å². The first-order chi connectivity index (χ1) is 13.7. The monoisotopic (exact) mass is 439 g/mol. The van der Waals surface area contributed by atoms with Crippen molar-refractivity contribution in [3.63, 3.8) is 0 Å². The second-order valence-electron chi connectivity index (χ2n) is 8.32. The van der Waals surface area contributed by atoms with Gasteiger partial charge >= 0.3 is 0 Å². The molecule has 1 aliphatic heterocycles. The van der Waals surface area contributed by atoms with Crippen molar-refractivity contribution in [2.75, 3.05) is 30.3 Å². The van der Waals surface area contributed by atoms with E-state index in [0.717, 1.165) is 18.7 Å². The smallest absolute Gasteiger partial charge is 0.230 e. The van der Waals surface area contributed by atoms with Crippen LogP contribution < -0.4 is 10.2 Å². The maximum atomic E-state index is 12.4. The zero-order valence-corrected chi connectivity index (χ0v) is 19.1. The number of piperazine rings is 1. The fraction of sp³-hybridized carbons (Fsp3) is 0.700. The minimum Gasteiger partial charge on any atom is -0.353 e. The van der Waals surface area contributed by atoms with E-state index in [9.17, 15) is 9.59 Å². The van der Waals surface area contributed by atoms with Crippen LogP contribution in [0.15, 0.2) is 11.2 Å². The van der Waals surface area contributed by atoms with Crippen LogP contribution in [0.1, 0.15) is 40.5 Å². The van der Waals surface area contributed by atoms with E-state index in [1.165, 1.54) is 11.8 Å². The molecule has 2 unspecified atom stereocenters. The molecule has 1 N–H and O–H groups in total. The highest BCUT2D eigenvalue weighted by Crippen LogP contribution is 2.32. The number of anilines is 1. The van der Waals surface area contributed by atoms with Gasteiger partial charge in [0, 0.05) is 43.7 Å². The van der Waals surface area contributed by atoms with Crippen LogP contribution in [-0.2, 0) is 9.59 Å². The molecule has 160 valence electrons. The number of amides is 2.